The molecule has 3 aromatic rings. The summed E-state index contributed by atoms with van der Waals surface area (Å²) in [6, 6.07) is 5.29. The summed E-state index contributed by atoms with van der Waals surface area (Å²) in [6.45, 7) is 0.421. The number of aromatic amines is 1. The molecule has 0 radical (unpaired) electrons. The minimum atomic E-state index is -0.449. The quantitative estimate of drug-likeness (QED) is 0.477. The second kappa shape index (κ2) is 7.67. The molecular formula is C14H8Br2Cl3N5O. The lowest BCUT2D eigenvalue weighted by Gasteiger charge is -2.04. The van der Waals surface area contributed by atoms with Crippen LogP contribution in [-0.4, -0.2) is 25.9 Å². The highest BCUT2D eigenvalue weighted by molar-refractivity contribution is 9.13. The van der Waals surface area contributed by atoms with Crippen LogP contribution in [0.5, 0.6) is 0 Å². The van der Waals surface area contributed by atoms with Gasteiger partial charge in [0.05, 0.1) is 21.1 Å². The number of amides is 1. The van der Waals surface area contributed by atoms with Crippen LogP contribution in [-0.2, 0) is 6.54 Å². The van der Waals surface area contributed by atoms with Crippen molar-refractivity contribution >= 4 is 78.4 Å². The van der Waals surface area contributed by atoms with Gasteiger partial charge in [-0.05, 0) is 49.6 Å². The van der Waals surface area contributed by atoms with Crippen LogP contribution in [0.1, 0.15) is 16.1 Å². The first kappa shape index (κ1) is 18.7. The van der Waals surface area contributed by atoms with Gasteiger partial charge in [-0.1, -0.05) is 40.9 Å². The van der Waals surface area contributed by atoms with Gasteiger partial charge in [-0.3, -0.25) is 14.6 Å². The monoisotopic (exact) mass is 525 g/mol. The molecule has 0 saturated heterocycles. The Hall–Kier alpha value is -1.06. The molecule has 0 bridgehead atoms. The fraction of sp³-hybridized carbons (Fsp3) is 0.0714. The molecule has 3 rings (SSSR count). The highest BCUT2D eigenvalue weighted by atomic mass is 79.9. The van der Waals surface area contributed by atoms with E-state index >= 15 is 0 Å². The molecule has 2 aromatic heterocycles. The molecule has 0 aliphatic rings. The number of carbonyl (C=O) groups is 1. The van der Waals surface area contributed by atoms with Crippen LogP contribution in [0.4, 0.5) is 5.82 Å². The summed E-state index contributed by atoms with van der Waals surface area (Å²) in [5.74, 6) is -0.215. The number of rotatable bonds is 4. The minimum absolute atomic E-state index is 0.182. The van der Waals surface area contributed by atoms with Crippen molar-refractivity contribution in [3.63, 3.8) is 0 Å². The van der Waals surface area contributed by atoms with Crippen LogP contribution in [0.25, 0.3) is 0 Å². The molecule has 2 N–H and O–H groups in total. The Balaban J connectivity index is 1.77. The molecule has 11 heteroatoms. The number of benzene rings is 1. The summed E-state index contributed by atoms with van der Waals surface area (Å²) in [4.78, 5) is 12.3. The average Bonchev–Trinajstić information content (AvgIpc) is 3.06. The molecule has 0 unspecified atom stereocenters. The Labute approximate surface area is 174 Å². The van der Waals surface area contributed by atoms with Crippen molar-refractivity contribution in [1.82, 2.24) is 20.0 Å². The predicted octanol–water partition coefficient (Wildman–Crippen LogP) is 5.39. The van der Waals surface area contributed by atoms with Crippen molar-refractivity contribution < 1.29 is 4.79 Å². The highest BCUT2D eigenvalue weighted by Gasteiger charge is 2.19. The van der Waals surface area contributed by atoms with Gasteiger partial charge in [-0.25, -0.2) is 0 Å². The Bertz CT molecular complexity index is 956. The van der Waals surface area contributed by atoms with Gasteiger partial charge in [0.1, 0.15) is 9.63 Å². The van der Waals surface area contributed by atoms with E-state index in [0.29, 0.717) is 30.7 Å². The lowest BCUT2D eigenvalue weighted by atomic mass is 10.2. The summed E-state index contributed by atoms with van der Waals surface area (Å²) in [5.41, 5.74) is 1.08. The third-order valence-corrected chi connectivity index (χ3v) is 6.05. The van der Waals surface area contributed by atoms with E-state index in [-0.39, 0.29) is 11.5 Å². The van der Waals surface area contributed by atoms with Crippen LogP contribution in [0, 0.1) is 0 Å². The molecule has 0 fully saturated rings. The first-order valence-electron chi connectivity index (χ1n) is 6.72. The second-order valence-electron chi connectivity index (χ2n) is 4.93. The first-order valence-corrected chi connectivity index (χ1v) is 9.44. The summed E-state index contributed by atoms with van der Waals surface area (Å²) in [5, 5.41) is 14.7. The smallest absolute Gasteiger partial charge is 0.278 e. The van der Waals surface area contributed by atoms with E-state index in [9.17, 15) is 4.79 Å². The maximum atomic E-state index is 12.3. The number of hydrogen-bond acceptors (Lipinski definition) is 3. The summed E-state index contributed by atoms with van der Waals surface area (Å²) >= 11 is 24.5. The van der Waals surface area contributed by atoms with Gasteiger partial charge < -0.3 is 5.32 Å². The van der Waals surface area contributed by atoms with Gasteiger partial charge in [0.2, 0.25) is 0 Å². The number of nitrogens with one attached hydrogen (secondary N) is 2. The Morgan fingerprint density at radius 2 is 1.96 bits per heavy atom. The van der Waals surface area contributed by atoms with E-state index in [1.54, 1.807) is 23.0 Å². The zero-order valence-electron chi connectivity index (χ0n) is 12.2. The molecule has 6 nitrogen and oxygen atoms in total. The third kappa shape index (κ3) is 4.20. The minimum Gasteiger partial charge on any atom is -0.302 e. The molecule has 0 aliphatic carbocycles. The average molecular weight is 528 g/mol. The number of carbonyl (C=O) groups excluding carboxylic acids is 1. The summed E-state index contributed by atoms with van der Waals surface area (Å²) in [7, 11) is 0. The van der Waals surface area contributed by atoms with Crippen LogP contribution in [0.15, 0.2) is 33.5 Å². The SMILES string of the molecule is O=C(Nc1nn(Cc2ccc(Cl)c(Cl)c2)cc1Cl)c1n[nH]c(Br)c1Br. The number of aromatic nitrogens is 4. The molecule has 130 valence electrons. The van der Waals surface area contributed by atoms with Crippen molar-refractivity contribution in [2.75, 3.05) is 5.32 Å². The topological polar surface area (TPSA) is 75.6 Å². The van der Waals surface area contributed by atoms with Gasteiger partial charge >= 0.3 is 0 Å². The highest BCUT2D eigenvalue weighted by Crippen LogP contribution is 2.27. The summed E-state index contributed by atoms with van der Waals surface area (Å²) in [6.07, 6.45) is 1.61. The second-order valence-corrected chi connectivity index (χ2v) is 7.73. The van der Waals surface area contributed by atoms with Crippen LogP contribution < -0.4 is 5.32 Å². The first-order chi connectivity index (χ1) is 11.8. The zero-order chi connectivity index (χ0) is 18.1. The fourth-order valence-electron chi connectivity index (χ4n) is 2.01. The van der Waals surface area contributed by atoms with Crippen molar-refractivity contribution in [1.29, 1.82) is 0 Å². The van der Waals surface area contributed by atoms with E-state index in [0.717, 1.165) is 5.56 Å². The van der Waals surface area contributed by atoms with Crippen LogP contribution in [0.2, 0.25) is 15.1 Å². The van der Waals surface area contributed by atoms with Crippen LogP contribution in [0.3, 0.4) is 0 Å². The van der Waals surface area contributed by atoms with Crippen molar-refractivity contribution in [2.24, 2.45) is 0 Å². The number of anilines is 1. The van der Waals surface area contributed by atoms with Gasteiger partial charge in [-0.15, -0.1) is 0 Å². The Morgan fingerprint density at radius 1 is 1.20 bits per heavy atom. The largest absolute Gasteiger partial charge is 0.302 e. The van der Waals surface area contributed by atoms with Crippen molar-refractivity contribution in [3.8, 4) is 0 Å². The van der Waals surface area contributed by atoms with Gasteiger partial charge in [0.15, 0.2) is 11.5 Å². The predicted molar refractivity (Wildman–Crippen MR) is 105 cm³/mol. The Morgan fingerprint density at radius 3 is 2.60 bits per heavy atom. The van der Waals surface area contributed by atoms with Gasteiger partial charge in [-0.2, -0.15) is 10.2 Å². The molecule has 25 heavy (non-hydrogen) atoms. The number of hydrogen-bond donors (Lipinski definition) is 2. The lowest BCUT2D eigenvalue weighted by Crippen LogP contribution is -2.14. The number of H-pyrrole nitrogens is 1. The standard InChI is InChI=1S/C14H8Br2Cl3N5O/c15-10-11(21-22-12(10)16)14(25)20-13-9(19)5-24(23-13)4-6-1-2-7(17)8(18)3-6/h1-3,5H,4H2,(H,21,22)(H,20,23,25). The molecule has 0 spiro atoms. The van der Waals surface area contributed by atoms with E-state index in [1.807, 2.05) is 6.07 Å². The van der Waals surface area contributed by atoms with E-state index in [2.05, 4.69) is 52.5 Å². The fourth-order valence-corrected chi connectivity index (χ4v) is 3.16. The molecule has 0 atom stereocenters. The normalized spacial score (nSPS) is 10.9. The van der Waals surface area contributed by atoms with E-state index in [1.165, 1.54) is 0 Å². The van der Waals surface area contributed by atoms with E-state index < -0.39 is 5.91 Å². The maximum absolute atomic E-state index is 12.3. The number of nitrogens with zero attached hydrogens (tertiary/aromatic N) is 3. The van der Waals surface area contributed by atoms with Crippen molar-refractivity contribution in [2.45, 2.75) is 6.54 Å². The van der Waals surface area contributed by atoms with Crippen molar-refractivity contribution in [3.05, 3.63) is 59.8 Å². The molecule has 0 saturated carbocycles. The lowest BCUT2D eigenvalue weighted by molar-refractivity contribution is 0.102. The molecule has 2 heterocycles. The molecule has 1 aromatic carbocycles. The van der Waals surface area contributed by atoms with E-state index in [4.69, 9.17) is 34.8 Å². The van der Waals surface area contributed by atoms with Gasteiger partial charge in [0, 0.05) is 6.20 Å². The number of halogens is 5. The maximum Gasteiger partial charge on any atom is 0.278 e. The third-order valence-electron chi connectivity index (χ3n) is 3.16. The molecule has 0 aliphatic heterocycles. The zero-order valence-corrected chi connectivity index (χ0v) is 17.6. The summed E-state index contributed by atoms with van der Waals surface area (Å²) < 4.78 is 2.66. The molecular weight excluding hydrogens is 520 g/mol. The molecule has 1 amide bonds. The van der Waals surface area contributed by atoms with Gasteiger partial charge in [0.25, 0.3) is 5.91 Å². The van der Waals surface area contributed by atoms with Crippen LogP contribution >= 0.6 is 66.7 Å². The Kier molecular flexibility index (Phi) is 5.75.